The highest BCUT2D eigenvalue weighted by Gasteiger charge is 2.40. The topological polar surface area (TPSA) is 242 Å². The fraction of sp³-hybridized carbons (Fsp3) is 0.667. The quantitative estimate of drug-likeness (QED) is 0.114. The molecule has 0 saturated carbocycles. The maximum atomic E-state index is 13.0. The van der Waals surface area contributed by atoms with E-state index in [1.165, 1.54) is 27.7 Å². The van der Waals surface area contributed by atoms with E-state index in [-0.39, 0.29) is 31.4 Å². The molecule has 206 valence electrons. The lowest BCUT2D eigenvalue weighted by Crippen LogP contribution is -2.50. The monoisotopic (exact) mass is 536 g/mol. The third-order valence-electron chi connectivity index (χ3n) is 5.25. The number of primary amides is 1. The van der Waals surface area contributed by atoms with Gasteiger partial charge >= 0.3 is 11.9 Å². The van der Waals surface area contributed by atoms with Gasteiger partial charge < -0.3 is 31.9 Å². The van der Waals surface area contributed by atoms with E-state index in [4.69, 9.17) is 10.3 Å². The van der Waals surface area contributed by atoms with Gasteiger partial charge in [-0.25, -0.2) is 4.79 Å². The highest BCUT2D eigenvalue weighted by Crippen LogP contribution is 2.34. The summed E-state index contributed by atoms with van der Waals surface area (Å²) in [6, 6.07) is -2.54. The molecule has 0 aliphatic rings. The molecule has 0 spiro atoms. The molecule has 15 heteroatoms. The minimum atomic E-state index is -4.45. The van der Waals surface area contributed by atoms with Gasteiger partial charge in [-0.1, -0.05) is 20.4 Å². The smallest absolute Gasteiger partial charge is 0.326 e. The van der Waals surface area contributed by atoms with Gasteiger partial charge in [0, 0.05) is 17.5 Å². The molecule has 0 radical (unpaired) electrons. The first kappa shape index (κ1) is 32.8. The minimum Gasteiger partial charge on any atom is -0.481 e. The van der Waals surface area contributed by atoms with Gasteiger partial charge in [-0.05, 0) is 33.1 Å². The lowest BCUT2D eigenvalue weighted by Gasteiger charge is -2.33. The van der Waals surface area contributed by atoms with Crippen LogP contribution in [0.25, 0.3) is 0 Å². The fourth-order valence-electron chi connectivity index (χ4n) is 3.35. The zero-order valence-electron chi connectivity index (χ0n) is 20.8. The molecule has 0 heterocycles. The van der Waals surface area contributed by atoms with Crippen molar-refractivity contribution in [2.75, 3.05) is 12.3 Å². The van der Waals surface area contributed by atoms with E-state index in [2.05, 4.69) is 22.5 Å². The van der Waals surface area contributed by atoms with E-state index in [1.807, 2.05) is 0 Å². The third kappa shape index (κ3) is 12.5. The van der Waals surface area contributed by atoms with Gasteiger partial charge in [-0.2, -0.15) is 8.42 Å². The SMILES string of the molecule is C=C(NC(CCC(=O)NCC(N)=O)C(=O)O)C(CCS(=O)(=O)O)NC(=O)C(C)(C)CC(C)(C)C(=O)O. The normalized spacial score (nSPS) is 13.7. The Morgan fingerprint density at radius 2 is 1.50 bits per heavy atom. The molecule has 0 rings (SSSR count). The van der Waals surface area contributed by atoms with Crippen molar-refractivity contribution in [2.24, 2.45) is 16.6 Å². The molecule has 0 aliphatic carbocycles. The number of carboxylic acids is 2. The second-order valence-corrected chi connectivity index (χ2v) is 11.3. The number of hydrogen-bond acceptors (Lipinski definition) is 8. The lowest BCUT2D eigenvalue weighted by atomic mass is 9.74. The average Bonchev–Trinajstić information content (AvgIpc) is 2.70. The van der Waals surface area contributed by atoms with Gasteiger partial charge in [0.25, 0.3) is 10.1 Å². The van der Waals surface area contributed by atoms with Gasteiger partial charge in [0.15, 0.2) is 0 Å². The molecule has 2 unspecified atom stereocenters. The summed E-state index contributed by atoms with van der Waals surface area (Å²) in [6.07, 6.45) is -1.01. The van der Waals surface area contributed by atoms with Gasteiger partial charge in [0.2, 0.25) is 17.7 Å². The van der Waals surface area contributed by atoms with Crippen molar-refractivity contribution in [3.8, 4) is 0 Å². The summed E-state index contributed by atoms with van der Waals surface area (Å²) in [5, 5.41) is 26.2. The third-order valence-corrected chi connectivity index (χ3v) is 6.00. The number of aliphatic carboxylic acids is 2. The van der Waals surface area contributed by atoms with Crippen LogP contribution >= 0.6 is 0 Å². The van der Waals surface area contributed by atoms with Crippen molar-refractivity contribution >= 4 is 39.8 Å². The summed E-state index contributed by atoms with van der Waals surface area (Å²) in [6.45, 7) is 9.13. The van der Waals surface area contributed by atoms with Crippen molar-refractivity contribution < 1.29 is 47.2 Å². The Kier molecular flexibility index (Phi) is 12.0. The molecule has 14 nitrogen and oxygen atoms in total. The number of carboxylic acid groups (broad SMARTS) is 2. The van der Waals surface area contributed by atoms with Crippen LogP contribution in [0.2, 0.25) is 0 Å². The molecule has 0 aromatic rings. The number of amides is 3. The van der Waals surface area contributed by atoms with Crippen molar-refractivity contribution in [1.29, 1.82) is 0 Å². The largest absolute Gasteiger partial charge is 0.481 e. The standard InChI is InChI=1S/C21H36N4O10S/c1-12(24-14(17(28)29)6-7-16(27)23-10-15(22)26)13(8-9-36(33,34)35)25-18(30)20(2,3)11-21(4,5)19(31)32/h13-14,24H,1,6-11H2,2-5H3,(H2,22,26)(H,23,27)(H,25,30)(H,28,29)(H,31,32)(H,33,34,35). The molecular weight excluding hydrogens is 500 g/mol. The number of hydrogen-bond donors (Lipinski definition) is 7. The van der Waals surface area contributed by atoms with E-state index < -0.39 is 75.0 Å². The predicted octanol–water partition coefficient (Wildman–Crippen LogP) is -0.786. The molecule has 0 bridgehead atoms. The zero-order chi connectivity index (χ0) is 28.5. The summed E-state index contributed by atoms with van der Waals surface area (Å²) < 4.78 is 31.7. The van der Waals surface area contributed by atoms with Crippen LogP contribution in [0.4, 0.5) is 0 Å². The Labute approximate surface area is 209 Å². The average molecular weight is 537 g/mol. The summed E-state index contributed by atoms with van der Waals surface area (Å²) in [5.41, 5.74) is 2.33. The predicted molar refractivity (Wildman–Crippen MR) is 128 cm³/mol. The zero-order valence-corrected chi connectivity index (χ0v) is 21.6. The van der Waals surface area contributed by atoms with Gasteiger partial charge in [-0.3, -0.25) is 23.7 Å². The second-order valence-electron chi connectivity index (χ2n) is 9.69. The Hall–Kier alpha value is -3.20. The fourth-order valence-corrected chi connectivity index (χ4v) is 3.88. The van der Waals surface area contributed by atoms with Crippen molar-refractivity contribution in [3.63, 3.8) is 0 Å². The second kappa shape index (κ2) is 13.2. The number of nitrogens with two attached hydrogens (primary N) is 1. The van der Waals surface area contributed by atoms with E-state index in [0.29, 0.717) is 0 Å². The van der Waals surface area contributed by atoms with Crippen LogP contribution < -0.4 is 21.7 Å². The number of carbonyl (C=O) groups is 5. The molecule has 2 atom stereocenters. The molecule has 0 fully saturated rings. The molecular formula is C21H36N4O10S. The van der Waals surface area contributed by atoms with Crippen LogP contribution in [0.15, 0.2) is 12.3 Å². The van der Waals surface area contributed by atoms with Crippen LogP contribution in [0.3, 0.4) is 0 Å². The number of rotatable bonds is 17. The van der Waals surface area contributed by atoms with Crippen molar-refractivity contribution in [2.45, 2.75) is 65.5 Å². The summed E-state index contributed by atoms with van der Waals surface area (Å²) in [4.78, 5) is 58.6. The molecule has 8 N–H and O–H groups in total. The first-order chi connectivity index (χ1) is 16.2. The van der Waals surface area contributed by atoms with Gasteiger partial charge in [0.05, 0.1) is 23.8 Å². The molecule has 0 saturated heterocycles. The highest BCUT2D eigenvalue weighted by molar-refractivity contribution is 7.85. The van der Waals surface area contributed by atoms with E-state index >= 15 is 0 Å². The molecule has 3 amide bonds. The highest BCUT2D eigenvalue weighted by atomic mass is 32.2. The first-order valence-electron chi connectivity index (χ1n) is 10.9. The molecule has 0 aromatic carbocycles. The van der Waals surface area contributed by atoms with E-state index in [0.717, 1.165) is 0 Å². The summed E-state index contributed by atoms with van der Waals surface area (Å²) >= 11 is 0. The first-order valence-corrected chi connectivity index (χ1v) is 12.5. The summed E-state index contributed by atoms with van der Waals surface area (Å²) in [5.74, 6) is -5.35. The molecule has 36 heavy (non-hydrogen) atoms. The van der Waals surface area contributed by atoms with Crippen molar-refractivity contribution in [3.05, 3.63) is 12.3 Å². The molecule has 0 aliphatic heterocycles. The minimum absolute atomic E-state index is 0.0791. The van der Waals surface area contributed by atoms with Crippen LogP contribution in [0.5, 0.6) is 0 Å². The number of nitrogens with one attached hydrogen (secondary N) is 3. The van der Waals surface area contributed by atoms with Crippen LogP contribution in [-0.2, 0) is 34.1 Å². The Balaban J connectivity index is 5.57. The van der Waals surface area contributed by atoms with Gasteiger partial charge in [0.1, 0.15) is 6.04 Å². The number of carbonyl (C=O) groups excluding carboxylic acids is 3. The van der Waals surface area contributed by atoms with Crippen LogP contribution in [0, 0.1) is 10.8 Å². The summed E-state index contributed by atoms with van der Waals surface area (Å²) in [7, 11) is -4.45. The van der Waals surface area contributed by atoms with Crippen LogP contribution in [-0.4, -0.2) is 77.2 Å². The Morgan fingerprint density at radius 1 is 0.944 bits per heavy atom. The lowest BCUT2D eigenvalue weighted by molar-refractivity contribution is -0.150. The van der Waals surface area contributed by atoms with Gasteiger partial charge in [-0.15, -0.1) is 0 Å². The van der Waals surface area contributed by atoms with E-state index in [1.54, 1.807) is 0 Å². The maximum Gasteiger partial charge on any atom is 0.326 e. The maximum absolute atomic E-state index is 13.0. The Bertz CT molecular complexity index is 975. The Morgan fingerprint density at radius 3 is 1.94 bits per heavy atom. The van der Waals surface area contributed by atoms with Crippen molar-refractivity contribution in [1.82, 2.24) is 16.0 Å². The van der Waals surface area contributed by atoms with E-state index in [9.17, 15) is 42.6 Å². The molecule has 0 aromatic heterocycles. The van der Waals surface area contributed by atoms with Crippen LogP contribution in [0.1, 0.15) is 53.4 Å².